The Morgan fingerprint density at radius 1 is 1.50 bits per heavy atom. The average Bonchev–Trinajstić information content (AvgIpc) is 2.81. The number of anilines is 1. The van der Waals surface area contributed by atoms with Gasteiger partial charge in [-0.1, -0.05) is 0 Å². The lowest BCUT2D eigenvalue weighted by Gasteiger charge is -2.07. The SMILES string of the molecule is Cc1ncc(CNC(=O)c2cccnc2NN)s1. The molecule has 0 saturated heterocycles. The van der Waals surface area contributed by atoms with Crippen LogP contribution in [0.25, 0.3) is 0 Å². The van der Waals surface area contributed by atoms with Gasteiger partial charge in [0.25, 0.3) is 5.91 Å². The third-order valence-corrected chi connectivity index (χ3v) is 3.19. The van der Waals surface area contributed by atoms with Crippen molar-refractivity contribution in [2.75, 3.05) is 5.43 Å². The number of rotatable bonds is 4. The number of hydrazine groups is 1. The lowest BCUT2D eigenvalue weighted by Crippen LogP contribution is -2.24. The summed E-state index contributed by atoms with van der Waals surface area (Å²) < 4.78 is 0. The van der Waals surface area contributed by atoms with E-state index in [0.717, 1.165) is 9.88 Å². The van der Waals surface area contributed by atoms with Gasteiger partial charge in [0, 0.05) is 17.3 Å². The molecule has 0 saturated carbocycles. The fraction of sp³-hybridized carbons (Fsp3) is 0.182. The van der Waals surface area contributed by atoms with Gasteiger partial charge in [-0.25, -0.2) is 15.8 Å². The van der Waals surface area contributed by atoms with Crippen molar-refractivity contribution in [1.82, 2.24) is 15.3 Å². The smallest absolute Gasteiger partial charge is 0.255 e. The van der Waals surface area contributed by atoms with Crippen molar-refractivity contribution in [2.24, 2.45) is 5.84 Å². The number of aryl methyl sites for hydroxylation is 1. The topological polar surface area (TPSA) is 92.9 Å². The quantitative estimate of drug-likeness (QED) is 0.566. The van der Waals surface area contributed by atoms with E-state index in [0.29, 0.717) is 17.9 Å². The Kier molecular flexibility index (Phi) is 3.85. The highest BCUT2D eigenvalue weighted by Crippen LogP contribution is 2.13. The molecule has 0 bridgehead atoms. The second-order valence-corrected chi connectivity index (χ2v) is 4.89. The molecular formula is C11H13N5OS. The molecule has 0 fully saturated rings. The first-order valence-electron chi connectivity index (χ1n) is 5.32. The zero-order valence-corrected chi connectivity index (χ0v) is 10.6. The van der Waals surface area contributed by atoms with Gasteiger partial charge in [-0.2, -0.15) is 0 Å². The standard InChI is InChI=1S/C11H13N5OS/c1-7-14-5-8(18-7)6-15-11(17)9-3-2-4-13-10(9)16-12/h2-5H,6,12H2,1H3,(H,13,16)(H,15,17). The van der Waals surface area contributed by atoms with Gasteiger partial charge in [-0.05, 0) is 19.1 Å². The number of nitrogens with zero attached hydrogens (tertiary/aromatic N) is 2. The summed E-state index contributed by atoms with van der Waals surface area (Å²) in [5.41, 5.74) is 2.81. The minimum atomic E-state index is -0.220. The highest BCUT2D eigenvalue weighted by atomic mass is 32.1. The fourth-order valence-electron chi connectivity index (χ4n) is 1.45. The van der Waals surface area contributed by atoms with E-state index in [1.165, 1.54) is 0 Å². The Labute approximate surface area is 108 Å². The molecule has 0 aliphatic heterocycles. The first-order valence-corrected chi connectivity index (χ1v) is 6.13. The summed E-state index contributed by atoms with van der Waals surface area (Å²) in [6.45, 7) is 2.37. The molecule has 1 amide bonds. The van der Waals surface area contributed by atoms with E-state index in [1.54, 1.807) is 35.9 Å². The van der Waals surface area contributed by atoms with Crippen LogP contribution in [0.2, 0.25) is 0 Å². The largest absolute Gasteiger partial charge is 0.347 e. The van der Waals surface area contributed by atoms with Crippen LogP contribution in [0.1, 0.15) is 20.2 Å². The number of nitrogen functional groups attached to an aromatic ring is 1. The van der Waals surface area contributed by atoms with Crippen LogP contribution in [0.4, 0.5) is 5.82 Å². The van der Waals surface area contributed by atoms with Crippen LogP contribution in [0, 0.1) is 6.92 Å². The van der Waals surface area contributed by atoms with E-state index in [-0.39, 0.29) is 5.91 Å². The normalized spacial score (nSPS) is 10.1. The minimum absolute atomic E-state index is 0.220. The molecule has 94 valence electrons. The summed E-state index contributed by atoms with van der Waals surface area (Å²) in [6.07, 6.45) is 3.32. The fourth-order valence-corrected chi connectivity index (χ4v) is 2.19. The third kappa shape index (κ3) is 2.82. The van der Waals surface area contributed by atoms with Crippen molar-refractivity contribution in [3.8, 4) is 0 Å². The van der Waals surface area contributed by atoms with Crippen LogP contribution in [-0.2, 0) is 6.54 Å². The Morgan fingerprint density at radius 3 is 3.00 bits per heavy atom. The molecule has 0 unspecified atom stereocenters. The molecule has 2 aromatic heterocycles. The molecule has 0 radical (unpaired) electrons. The number of carbonyl (C=O) groups is 1. The van der Waals surface area contributed by atoms with Crippen LogP contribution in [0.3, 0.4) is 0 Å². The second kappa shape index (κ2) is 5.56. The predicted molar refractivity (Wildman–Crippen MR) is 70.1 cm³/mol. The van der Waals surface area contributed by atoms with E-state index in [9.17, 15) is 4.79 Å². The van der Waals surface area contributed by atoms with Crippen molar-refractivity contribution in [3.05, 3.63) is 40.0 Å². The summed E-state index contributed by atoms with van der Waals surface area (Å²) in [5.74, 6) is 5.44. The van der Waals surface area contributed by atoms with Gasteiger partial charge in [0.05, 0.1) is 17.1 Å². The van der Waals surface area contributed by atoms with Gasteiger partial charge >= 0.3 is 0 Å². The molecule has 0 aromatic carbocycles. The summed E-state index contributed by atoms with van der Waals surface area (Å²) in [6, 6.07) is 3.35. The molecule has 0 aliphatic carbocycles. The summed E-state index contributed by atoms with van der Waals surface area (Å²) >= 11 is 1.55. The Balaban J connectivity index is 2.03. The molecule has 0 atom stereocenters. The van der Waals surface area contributed by atoms with Crippen LogP contribution >= 0.6 is 11.3 Å². The van der Waals surface area contributed by atoms with Gasteiger partial charge in [-0.3, -0.25) is 4.79 Å². The maximum atomic E-state index is 11.9. The Hall–Kier alpha value is -1.99. The van der Waals surface area contributed by atoms with Gasteiger partial charge in [-0.15, -0.1) is 11.3 Å². The van der Waals surface area contributed by atoms with Gasteiger partial charge in [0.15, 0.2) is 5.82 Å². The number of thiazole rings is 1. The van der Waals surface area contributed by atoms with Crippen molar-refractivity contribution in [3.63, 3.8) is 0 Å². The lowest BCUT2D eigenvalue weighted by atomic mass is 10.2. The molecule has 2 aromatic rings. The van der Waals surface area contributed by atoms with Gasteiger partial charge in [0.1, 0.15) is 0 Å². The number of carbonyl (C=O) groups excluding carboxylic acids is 1. The van der Waals surface area contributed by atoms with E-state index >= 15 is 0 Å². The molecule has 0 aliphatic rings. The first-order chi connectivity index (χ1) is 8.70. The van der Waals surface area contributed by atoms with E-state index in [4.69, 9.17) is 5.84 Å². The van der Waals surface area contributed by atoms with E-state index < -0.39 is 0 Å². The number of nitrogens with two attached hydrogens (primary N) is 1. The van der Waals surface area contributed by atoms with Crippen LogP contribution in [0.5, 0.6) is 0 Å². The number of hydrogen-bond acceptors (Lipinski definition) is 6. The number of aromatic nitrogens is 2. The maximum Gasteiger partial charge on any atom is 0.255 e. The molecule has 6 nitrogen and oxygen atoms in total. The summed E-state index contributed by atoms with van der Waals surface area (Å²) in [4.78, 5) is 21.0. The van der Waals surface area contributed by atoms with Gasteiger partial charge in [0.2, 0.25) is 0 Å². The monoisotopic (exact) mass is 263 g/mol. The van der Waals surface area contributed by atoms with E-state index in [1.807, 2.05) is 6.92 Å². The molecule has 2 rings (SSSR count). The molecule has 18 heavy (non-hydrogen) atoms. The van der Waals surface area contributed by atoms with Crippen molar-refractivity contribution in [2.45, 2.75) is 13.5 Å². The first kappa shape index (κ1) is 12.5. The van der Waals surface area contributed by atoms with Crippen LogP contribution in [0.15, 0.2) is 24.5 Å². The number of pyridine rings is 1. The van der Waals surface area contributed by atoms with Crippen molar-refractivity contribution < 1.29 is 4.79 Å². The molecule has 7 heteroatoms. The number of hydrogen-bond donors (Lipinski definition) is 3. The third-order valence-electron chi connectivity index (χ3n) is 2.28. The summed E-state index contributed by atoms with van der Waals surface area (Å²) in [5, 5.41) is 3.78. The maximum absolute atomic E-state index is 11.9. The lowest BCUT2D eigenvalue weighted by molar-refractivity contribution is 0.0952. The predicted octanol–water partition coefficient (Wildman–Crippen LogP) is 1.06. The molecule has 4 N–H and O–H groups in total. The van der Waals surface area contributed by atoms with Crippen molar-refractivity contribution >= 4 is 23.1 Å². The zero-order valence-electron chi connectivity index (χ0n) is 9.80. The van der Waals surface area contributed by atoms with Crippen LogP contribution < -0.4 is 16.6 Å². The zero-order chi connectivity index (χ0) is 13.0. The Bertz CT molecular complexity index is 554. The van der Waals surface area contributed by atoms with Crippen LogP contribution in [-0.4, -0.2) is 15.9 Å². The number of amides is 1. The summed E-state index contributed by atoms with van der Waals surface area (Å²) in [7, 11) is 0. The highest BCUT2D eigenvalue weighted by Gasteiger charge is 2.11. The van der Waals surface area contributed by atoms with Crippen molar-refractivity contribution in [1.29, 1.82) is 0 Å². The Morgan fingerprint density at radius 2 is 2.33 bits per heavy atom. The molecule has 2 heterocycles. The highest BCUT2D eigenvalue weighted by molar-refractivity contribution is 7.11. The second-order valence-electron chi connectivity index (χ2n) is 3.57. The number of nitrogens with one attached hydrogen (secondary N) is 2. The average molecular weight is 263 g/mol. The molecule has 0 spiro atoms. The minimum Gasteiger partial charge on any atom is -0.347 e. The van der Waals surface area contributed by atoms with E-state index in [2.05, 4.69) is 20.7 Å². The molecular weight excluding hydrogens is 250 g/mol. The van der Waals surface area contributed by atoms with Gasteiger partial charge < -0.3 is 10.7 Å².